The first-order chi connectivity index (χ1) is 8.37. The molecule has 18 heavy (non-hydrogen) atoms. The molecule has 0 saturated heterocycles. The fourth-order valence-corrected chi connectivity index (χ4v) is 1.88. The normalized spacial score (nSPS) is 13.3. The first-order valence-electron chi connectivity index (χ1n) is 6.41. The molecule has 0 spiro atoms. The van der Waals surface area contributed by atoms with Crippen molar-refractivity contribution in [3.05, 3.63) is 24.2 Å². The number of hydrogen-bond donors (Lipinski definition) is 2. The summed E-state index contributed by atoms with van der Waals surface area (Å²) in [6, 6.07) is 3.71. The van der Waals surface area contributed by atoms with E-state index in [-0.39, 0.29) is 17.4 Å². The molecule has 0 fully saturated rings. The Labute approximate surface area is 109 Å². The van der Waals surface area contributed by atoms with Gasteiger partial charge in [0.2, 0.25) is 5.91 Å². The predicted molar refractivity (Wildman–Crippen MR) is 72.1 cm³/mol. The first kappa shape index (κ1) is 14.8. The molecule has 0 aliphatic rings. The number of nitrogens with two attached hydrogens (primary N) is 1. The monoisotopic (exact) mass is 252 g/mol. The molecule has 3 N–H and O–H groups in total. The van der Waals surface area contributed by atoms with E-state index in [0.717, 1.165) is 12.2 Å². The van der Waals surface area contributed by atoms with Crippen molar-refractivity contribution in [1.29, 1.82) is 0 Å². The van der Waals surface area contributed by atoms with Gasteiger partial charge in [-0.15, -0.1) is 0 Å². The van der Waals surface area contributed by atoms with Crippen LogP contribution in [0.1, 0.15) is 39.4 Å². The SMILES string of the molecule is CC(C)(C)CC(N)CNC(=O)CCc1ccco1. The van der Waals surface area contributed by atoms with Crippen molar-refractivity contribution in [3.8, 4) is 0 Å². The lowest BCUT2D eigenvalue weighted by atomic mass is 9.88. The number of aryl methyl sites for hydroxylation is 1. The molecule has 1 rings (SSSR count). The molecule has 1 amide bonds. The highest BCUT2D eigenvalue weighted by Crippen LogP contribution is 2.19. The average molecular weight is 252 g/mol. The van der Waals surface area contributed by atoms with E-state index in [0.29, 0.717) is 19.4 Å². The zero-order chi connectivity index (χ0) is 13.6. The summed E-state index contributed by atoms with van der Waals surface area (Å²) in [5.41, 5.74) is 6.16. The Balaban J connectivity index is 2.17. The fraction of sp³-hybridized carbons (Fsp3) is 0.643. The van der Waals surface area contributed by atoms with Gasteiger partial charge < -0.3 is 15.5 Å². The highest BCUT2D eigenvalue weighted by atomic mass is 16.3. The molecular formula is C14H24N2O2. The third kappa shape index (κ3) is 6.45. The Morgan fingerprint density at radius 2 is 2.22 bits per heavy atom. The van der Waals surface area contributed by atoms with Crippen LogP contribution < -0.4 is 11.1 Å². The van der Waals surface area contributed by atoms with E-state index in [1.54, 1.807) is 6.26 Å². The minimum atomic E-state index is 0.0116. The molecule has 0 aromatic carbocycles. The largest absolute Gasteiger partial charge is 0.469 e. The molecule has 0 bridgehead atoms. The number of carbonyl (C=O) groups is 1. The summed E-state index contributed by atoms with van der Waals surface area (Å²) in [4.78, 5) is 11.6. The number of rotatable bonds is 6. The van der Waals surface area contributed by atoms with Crippen LogP contribution in [0.15, 0.2) is 22.8 Å². The molecular weight excluding hydrogens is 228 g/mol. The van der Waals surface area contributed by atoms with E-state index >= 15 is 0 Å². The van der Waals surface area contributed by atoms with Gasteiger partial charge >= 0.3 is 0 Å². The zero-order valence-corrected chi connectivity index (χ0v) is 11.5. The molecule has 1 aromatic rings. The van der Waals surface area contributed by atoms with Gasteiger partial charge in [-0.3, -0.25) is 4.79 Å². The summed E-state index contributed by atoms with van der Waals surface area (Å²) in [6.45, 7) is 6.97. The van der Waals surface area contributed by atoms with E-state index < -0.39 is 0 Å². The second-order valence-electron chi connectivity index (χ2n) is 5.91. The second-order valence-corrected chi connectivity index (χ2v) is 5.91. The standard InChI is InChI=1S/C14H24N2O2/c1-14(2,3)9-11(15)10-16-13(17)7-6-12-5-4-8-18-12/h4-5,8,11H,6-7,9-10,15H2,1-3H3,(H,16,17). The number of amides is 1. The van der Waals surface area contributed by atoms with Crippen LogP contribution in [-0.2, 0) is 11.2 Å². The highest BCUT2D eigenvalue weighted by molar-refractivity contribution is 5.76. The van der Waals surface area contributed by atoms with Crippen molar-refractivity contribution in [1.82, 2.24) is 5.32 Å². The Kier molecular flexibility index (Phi) is 5.41. The first-order valence-corrected chi connectivity index (χ1v) is 6.41. The van der Waals surface area contributed by atoms with Crippen LogP contribution in [0.25, 0.3) is 0 Å². The predicted octanol–water partition coefficient (Wildman–Crippen LogP) is 2.09. The van der Waals surface area contributed by atoms with E-state index in [1.165, 1.54) is 0 Å². The number of furan rings is 1. The third-order valence-corrected chi connectivity index (χ3v) is 2.61. The molecule has 0 radical (unpaired) electrons. The topological polar surface area (TPSA) is 68.3 Å². The maximum atomic E-state index is 11.6. The quantitative estimate of drug-likeness (QED) is 0.814. The van der Waals surface area contributed by atoms with Crippen LogP contribution in [0, 0.1) is 5.41 Å². The Morgan fingerprint density at radius 3 is 2.78 bits per heavy atom. The summed E-state index contributed by atoms with van der Waals surface area (Å²) >= 11 is 0. The molecule has 1 aromatic heterocycles. The van der Waals surface area contributed by atoms with E-state index in [1.807, 2.05) is 12.1 Å². The van der Waals surface area contributed by atoms with Crippen molar-refractivity contribution in [2.24, 2.45) is 11.1 Å². The molecule has 4 nitrogen and oxygen atoms in total. The average Bonchev–Trinajstić information content (AvgIpc) is 2.74. The minimum absolute atomic E-state index is 0.0116. The van der Waals surface area contributed by atoms with Gasteiger partial charge in [-0.25, -0.2) is 0 Å². The van der Waals surface area contributed by atoms with E-state index in [4.69, 9.17) is 10.2 Å². The van der Waals surface area contributed by atoms with Crippen LogP contribution in [0.5, 0.6) is 0 Å². The lowest BCUT2D eigenvalue weighted by molar-refractivity contribution is -0.121. The molecule has 102 valence electrons. The van der Waals surface area contributed by atoms with E-state index in [2.05, 4.69) is 26.1 Å². The van der Waals surface area contributed by atoms with E-state index in [9.17, 15) is 4.79 Å². The second kappa shape index (κ2) is 6.59. The summed E-state index contributed by atoms with van der Waals surface area (Å²) in [5.74, 6) is 0.861. The van der Waals surface area contributed by atoms with Crippen molar-refractivity contribution in [2.75, 3.05) is 6.54 Å². The van der Waals surface area contributed by atoms with Gasteiger partial charge in [0.05, 0.1) is 6.26 Å². The molecule has 0 aliphatic heterocycles. The lowest BCUT2D eigenvalue weighted by Gasteiger charge is -2.23. The van der Waals surface area contributed by atoms with Gasteiger partial charge in [0, 0.05) is 25.4 Å². The van der Waals surface area contributed by atoms with Crippen molar-refractivity contribution in [3.63, 3.8) is 0 Å². The smallest absolute Gasteiger partial charge is 0.220 e. The Bertz CT molecular complexity index is 352. The molecule has 0 saturated carbocycles. The maximum Gasteiger partial charge on any atom is 0.220 e. The molecule has 1 unspecified atom stereocenters. The molecule has 1 atom stereocenters. The van der Waals surface area contributed by atoms with Crippen LogP contribution >= 0.6 is 0 Å². The fourth-order valence-electron chi connectivity index (χ4n) is 1.88. The number of carbonyl (C=O) groups excluding carboxylic acids is 1. The van der Waals surface area contributed by atoms with Gasteiger partial charge in [-0.05, 0) is 24.0 Å². The van der Waals surface area contributed by atoms with Gasteiger partial charge in [-0.1, -0.05) is 20.8 Å². The van der Waals surface area contributed by atoms with Crippen molar-refractivity contribution in [2.45, 2.75) is 46.1 Å². The van der Waals surface area contributed by atoms with Crippen molar-refractivity contribution < 1.29 is 9.21 Å². The van der Waals surface area contributed by atoms with Gasteiger partial charge in [-0.2, -0.15) is 0 Å². The number of hydrogen-bond acceptors (Lipinski definition) is 3. The van der Waals surface area contributed by atoms with Crippen LogP contribution in [0.3, 0.4) is 0 Å². The zero-order valence-electron chi connectivity index (χ0n) is 11.5. The number of nitrogens with one attached hydrogen (secondary N) is 1. The highest BCUT2D eigenvalue weighted by Gasteiger charge is 2.16. The van der Waals surface area contributed by atoms with Crippen LogP contribution in [0.4, 0.5) is 0 Å². The van der Waals surface area contributed by atoms with Gasteiger partial charge in [0.25, 0.3) is 0 Å². The molecule has 4 heteroatoms. The summed E-state index contributed by atoms with van der Waals surface area (Å²) in [7, 11) is 0. The van der Waals surface area contributed by atoms with Crippen molar-refractivity contribution >= 4 is 5.91 Å². The molecule has 1 heterocycles. The summed E-state index contributed by atoms with van der Waals surface area (Å²) in [6.07, 6.45) is 3.58. The van der Waals surface area contributed by atoms with Gasteiger partial charge in [0.1, 0.15) is 5.76 Å². The van der Waals surface area contributed by atoms with Gasteiger partial charge in [0.15, 0.2) is 0 Å². The maximum absolute atomic E-state index is 11.6. The van der Waals surface area contributed by atoms with Crippen LogP contribution in [0.2, 0.25) is 0 Å². The Morgan fingerprint density at radius 1 is 1.50 bits per heavy atom. The summed E-state index contributed by atoms with van der Waals surface area (Å²) in [5, 5.41) is 2.86. The minimum Gasteiger partial charge on any atom is -0.469 e. The third-order valence-electron chi connectivity index (χ3n) is 2.61. The summed E-state index contributed by atoms with van der Waals surface area (Å²) < 4.78 is 5.17. The molecule has 0 aliphatic carbocycles. The lowest BCUT2D eigenvalue weighted by Crippen LogP contribution is -2.39. The van der Waals surface area contributed by atoms with Crippen LogP contribution in [-0.4, -0.2) is 18.5 Å². The Hall–Kier alpha value is -1.29.